The number of hydrogen-bond acceptors (Lipinski definition) is 10. The minimum Gasteiger partial charge on any atom is -0.451 e. The van der Waals surface area contributed by atoms with Crippen LogP contribution in [-0.4, -0.2) is 59.9 Å². The molecular weight excluding hydrogens is 414 g/mol. The highest BCUT2D eigenvalue weighted by Crippen LogP contribution is 2.58. The van der Waals surface area contributed by atoms with Crippen LogP contribution in [0.3, 0.4) is 0 Å². The van der Waals surface area contributed by atoms with Gasteiger partial charge in [-0.05, 0) is 18.2 Å². The molecule has 0 spiro atoms. The van der Waals surface area contributed by atoms with E-state index in [4.69, 9.17) is 31.8 Å². The van der Waals surface area contributed by atoms with Crippen molar-refractivity contribution in [3.05, 3.63) is 52.6 Å². The number of carbonyl (C=O) groups excluding carboxylic acids is 1. The van der Waals surface area contributed by atoms with Crippen molar-refractivity contribution >= 4 is 32.9 Å². The average molecular weight is 433 g/mol. The Morgan fingerprint density at radius 2 is 2.20 bits per heavy atom. The molecule has 3 heterocycles. The number of ether oxygens (including phenoxy) is 2. The second-order valence-electron chi connectivity index (χ2n) is 6.70. The summed E-state index contributed by atoms with van der Waals surface area (Å²) < 4.78 is 23.3. The summed E-state index contributed by atoms with van der Waals surface area (Å²) in [5.74, 6) is -0.644. The molecule has 2 aromatic rings. The Hall–Kier alpha value is -2.50. The van der Waals surface area contributed by atoms with Gasteiger partial charge in [0.1, 0.15) is 18.5 Å². The van der Waals surface area contributed by atoms with Crippen molar-refractivity contribution in [1.29, 1.82) is 0 Å². The van der Waals surface area contributed by atoms with Gasteiger partial charge in [-0.3, -0.25) is 4.57 Å². The third kappa shape index (κ3) is 3.92. The summed E-state index contributed by atoms with van der Waals surface area (Å²) in [4.78, 5) is 39.0. The maximum absolute atomic E-state index is 12.9. The number of rotatable bonds is 4. The first-order valence-electron chi connectivity index (χ1n) is 9.00. The number of carbonyl (C=O) groups is 1. The van der Waals surface area contributed by atoms with Gasteiger partial charge in [-0.2, -0.15) is 14.0 Å². The van der Waals surface area contributed by atoms with E-state index >= 15 is 0 Å². The summed E-state index contributed by atoms with van der Waals surface area (Å²) in [5, 5.41) is 2.91. The van der Waals surface area contributed by atoms with E-state index in [9.17, 15) is 14.5 Å². The van der Waals surface area contributed by atoms with Crippen molar-refractivity contribution in [3.8, 4) is 0 Å². The van der Waals surface area contributed by atoms with E-state index in [-0.39, 0.29) is 18.0 Å². The van der Waals surface area contributed by atoms with Crippen LogP contribution in [0.25, 0.3) is 0 Å². The minimum absolute atomic E-state index is 0.0324. The molecule has 2 radical (unpaired) electrons. The van der Waals surface area contributed by atoms with Crippen LogP contribution >= 0.6 is 7.82 Å². The van der Waals surface area contributed by atoms with Gasteiger partial charge in [-0.15, -0.1) is 0 Å². The lowest BCUT2D eigenvalue weighted by molar-refractivity contribution is -0.0641. The van der Waals surface area contributed by atoms with Gasteiger partial charge < -0.3 is 20.5 Å². The molecular formula is C17H19BN4O7P+. The molecule has 156 valence electrons. The molecule has 13 heteroatoms. The molecule has 0 bridgehead atoms. The van der Waals surface area contributed by atoms with E-state index in [0.29, 0.717) is 5.69 Å². The average Bonchev–Trinajstić information content (AvgIpc) is 3.04. The zero-order valence-electron chi connectivity index (χ0n) is 15.9. The van der Waals surface area contributed by atoms with Gasteiger partial charge in [0.2, 0.25) is 0 Å². The highest BCUT2D eigenvalue weighted by atomic mass is 31.2. The quantitative estimate of drug-likeness (QED) is 0.348. The third-order valence-corrected chi connectivity index (χ3v) is 5.83. The van der Waals surface area contributed by atoms with Gasteiger partial charge >= 0.3 is 27.0 Å². The number of benzene rings is 1. The van der Waals surface area contributed by atoms with Crippen molar-refractivity contribution in [2.75, 3.05) is 24.7 Å². The Morgan fingerprint density at radius 3 is 2.93 bits per heavy atom. The van der Waals surface area contributed by atoms with E-state index in [1.165, 1.54) is 12.3 Å². The molecule has 0 amide bonds. The smallest absolute Gasteiger partial charge is 0.451 e. The van der Waals surface area contributed by atoms with Crippen LogP contribution in [0.2, 0.25) is 0 Å². The summed E-state index contributed by atoms with van der Waals surface area (Å²) in [6, 6.07) is 8.16. The van der Waals surface area contributed by atoms with Crippen LogP contribution in [0.15, 0.2) is 41.3 Å². The third-order valence-electron chi connectivity index (χ3n) is 4.77. The van der Waals surface area contributed by atoms with Crippen molar-refractivity contribution in [2.45, 2.75) is 24.5 Å². The van der Waals surface area contributed by atoms with Gasteiger partial charge in [0.05, 0.1) is 5.56 Å². The molecule has 2 aliphatic heterocycles. The molecule has 4 N–H and O–H groups in total. The maximum atomic E-state index is 12.9. The number of nitrogens with zero attached hydrogens (tertiary/aromatic N) is 2. The van der Waals surface area contributed by atoms with E-state index < -0.39 is 44.0 Å². The number of nitrogens with two attached hydrogens (primary N) is 1. The molecule has 0 saturated carbocycles. The SMILES string of the molecule is [B][P+]1(O)OC[C@H]2O[C@@H](n3ccc(N)nc3=O)[C@@H](OC(=O)c3ccccc3NC)[C@H]2O1. The highest BCUT2D eigenvalue weighted by molar-refractivity contribution is 7.85. The summed E-state index contributed by atoms with van der Waals surface area (Å²) in [5.41, 5.74) is 5.68. The topological polar surface area (TPSA) is 147 Å². The van der Waals surface area contributed by atoms with Crippen LogP contribution in [0.1, 0.15) is 16.6 Å². The highest BCUT2D eigenvalue weighted by Gasteiger charge is 2.59. The summed E-state index contributed by atoms with van der Waals surface area (Å²) in [7, 11) is 3.69. The van der Waals surface area contributed by atoms with Gasteiger partial charge in [-0.1, -0.05) is 12.1 Å². The van der Waals surface area contributed by atoms with Crippen LogP contribution in [0, 0.1) is 0 Å². The number of nitrogen functional groups attached to an aromatic ring is 1. The van der Waals surface area contributed by atoms with Crippen molar-refractivity contribution < 1.29 is 28.2 Å². The van der Waals surface area contributed by atoms with Crippen molar-refractivity contribution in [2.24, 2.45) is 0 Å². The molecule has 2 fully saturated rings. The van der Waals surface area contributed by atoms with Gasteiger partial charge in [0, 0.05) is 18.9 Å². The normalized spacial score (nSPS) is 30.5. The van der Waals surface area contributed by atoms with E-state index in [1.807, 2.05) is 0 Å². The molecule has 1 unspecified atom stereocenters. The molecule has 2 saturated heterocycles. The Kier molecular flexibility index (Phi) is 5.52. The van der Waals surface area contributed by atoms with Crippen molar-refractivity contribution in [1.82, 2.24) is 9.55 Å². The summed E-state index contributed by atoms with van der Waals surface area (Å²) in [6.07, 6.45) is -2.52. The van der Waals surface area contributed by atoms with Crippen LogP contribution in [-0.2, 0) is 18.5 Å². The van der Waals surface area contributed by atoms with Gasteiger partial charge in [0.25, 0.3) is 0 Å². The first-order valence-corrected chi connectivity index (χ1v) is 10.6. The standard InChI is InChI=1S/C17H19BN4O7P/c1-20-10-5-3-2-4-9(10)16(23)28-14-13-11(8-26-30(18,25)29-13)27-15(14)22-7-6-12(19)21-17(22)24/h2-7,11,13-15,20,25H,8H2,1H3,(H2,19,21,24)/q+1/t11-,13+,14+,15-,30?/m1/s1. The number of hydrogen-bond donors (Lipinski definition) is 3. The lowest BCUT2D eigenvalue weighted by Gasteiger charge is -2.29. The number of aromatic nitrogens is 2. The molecule has 2 aliphatic rings. The Bertz CT molecular complexity index is 1020. The second-order valence-corrected chi connectivity index (χ2v) is 8.30. The molecule has 11 nitrogen and oxygen atoms in total. The van der Waals surface area contributed by atoms with E-state index in [0.717, 1.165) is 4.57 Å². The number of esters is 1. The first kappa shape index (κ1) is 20.8. The summed E-state index contributed by atoms with van der Waals surface area (Å²) >= 11 is 0. The Balaban J connectivity index is 1.69. The first-order chi connectivity index (χ1) is 14.3. The lowest BCUT2D eigenvalue weighted by atomic mass is 10.1. The number of nitrogens with one attached hydrogen (secondary N) is 1. The van der Waals surface area contributed by atoms with Crippen LogP contribution in [0.4, 0.5) is 11.5 Å². The molecule has 1 aromatic carbocycles. The largest absolute Gasteiger partial charge is 0.488 e. The summed E-state index contributed by atoms with van der Waals surface area (Å²) in [6.45, 7) is -0.0970. The van der Waals surface area contributed by atoms with E-state index in [1.54, 1.807) is 31.3 Å². The number of anilines is 2. The molecule has 5 atom stereocenters. The predicted molar refractivity (Wildman–Crippen MR) is 108 cm³/mol. The maximum Gasteiger partial charge on any atom is 0.488 e. The Morgan fingerprint density at radius 1 is 1.43 bits per heavy atom. The van der Waals surface area contributed by atoms with Gasteiger partial charge in [0.15, 0.2) is 18.4 Å². The fourth-order valence-corrected chi connectivity index (χ4v) is 4.42. The number of fused-ring (bicyclic) bond motifs is 1. The van der Waals surface area contributed by atoms with E-state index in [2.05, 4.69) is 10.3 Å². The zero-order valence-corrected chi connectivity index (χ0v) is 16.8. The second kappa shape index (κ2) is 7.97. The monoisotopic (exact) mass is 433 g/mol. The molecule has 30 heavy (non-hydrogen) atoms. The number of para-hydroxylation sites is 1. The Labute approximate surface area is 173 Å². The fourth-order valence-electron chi connectivity index (χ4n) is 3.39. The molecule has 1 aromatic heterocycles. The predicted octanol–water partition coefficient (Wildman–Crippen LogP) is 0.244. The van der Waals surface area contributed by atoms with Crippen molar-refractivity contribution in [3.63, 3.8) is 0 Å². The lowest BCUT2D eigenvalue weighted by Crippen LogP contribution is -2.43. The molecule has 0 aliphatic carbocycles. The van der Waals surface area contributed by atoms with Crippen LogP contribution in [0.5, 0.6) is 0 Å². The van der Waals surface area contributed by atoms with Gasteiger partial charge in [-0.25, -0.2) is 14.5 Å². The minimum atomic E-state index is -3.62. The zero-order chi connectivity index (χ0) is 21.5. The van der Waals surface area contributed by atoms with Crippen LogP contribution < -0.4 is 16.7 Å². The fraction of sp³-hybridized carbons (Fsp3) is 0.353. The molecule has 4 rings (SSSR count).